The van der Waals surface area contributed by atoms with Crippen molar-refractivity contribution < 1.29 is 14.3 Å². The van der Waals surface area contributed by atoms with Crippen molar-refractivity contribution in [2.75, 3.05) is 6.61 Å². The van der Waals surface area contributed by atoms with Crippen molar-refractivity contribution in [2.24, 2.45) is 10.9 Å². The fourth-order valence-electron chi connectivity index (χ4n) is 5.46. The van der Waals surface area contributed by atoms with E-state index in [2.05, 4.69) is 6.92 Å². The molecule has 1 amide bonds. The number of esters is 1. The predicted molar refractivity (Wildman–Crippen MR) is 151 cm³/mol. The molecule has 2 aromatic carbocycles. The minimum Gasteiger partial charge on any atom is -0.465 e. The van der Waals surface area contributed by atoms with Gasteiger partial charge >= 0.3 is 5.97 Å². The Kier molecular flexibility index (Phi) is 7.51. The molecule has 2 aliphatic rings. The highest BCUT2D eigenvalue weighted by molar-refractivity contribution is 8.18. The number of amides is 1. The number of carbonyl (C=O) groups is 2. The number of hydrogen-bond donors (Lipinski definition) is 0. The van der Waals surface area contributed by atoms with Gasteiger partial charge < -0.3 is 9.30 Å². The summed E-state index contributed by atoms with van der Waals surface area (Å²) in [5, 5.41) is 1.75. The van der Waals surface area contributed by atoms with Crippen molar-refractivity contribution in [1.82, 2.24) is 9.47 Å². The summed E-state index contributed by atoms with van der Waals surface area (Å²) in [5.74, 6) is 0.165. The Morgan fingerprint density at radius 2 is 1.84 bits per heavy atom. The molecule has 0 bridgehead atoms. The van der Waals surface area contributed by atoms with E-state index in [1.165, 1.54) is 18.2 Å². The Balaban J connectivity index is 1.58. The summed E-state index contributed by atoms with van der Waals surface area (Å²) in [5.41, 5.74) is 3.68. The van der Waals surface area contributed by atoms with Crippen LogP contribution >= 0.6 is 11.8 Å². The highest BCUT2D eigenvalue weighted by atomic mass is 32.2. The Labute approximate surface area is 222 Å². The number of nitrogens with zero attached hydrogens (tertiary/aromatic N) is 3. The molecule has 0 N–H and O–H groups in total. The van der Waals surface area contributed by atoms with E-state index in [9.17, 15) is 9.59 Å². The molecular formula is C30H33N3O3S. The van der Waals surface area contributed by atoms with E-state index in [1.807, 2.05) is 84.0 Å². The molecule has 3 aromatic rings. The number of amidine groups is 1. The Morgan fingerprint density at radius 3 is 2.59 bits per heavy atom. The van der Waals surface area contributed by atoms with E-state index in [0.29, 0.717) is 17.4 Å². The normalized spacial score (nSPS) is 22.4. The molecule has 1 saturated heterocycles. The molecule has 1 aliphatic carbocycles. The first kappa shape index (κ1) is 25.3. The second kappa shape index (κ2) is 11.0. The first-order valence-corrected chi connectivity index (χ1v) is 13.9. The average Bonchev–Trinajstić information content (AvgIpc) is 3.34. The van der Waals surface area contributed by atoms with Crippen LogP contribution < -0.4 is 0 Å². The molecule has 1 aromatic heterocycles. The SMILES string of the molecule is CCOC(=O)Cn1c(C)c(/C=C2\SC(=Nc3ccccc3)N([C@@H]3CCCC[C@@H]3C)C2=O)c2ccccc21. The number of carbonyl (C=O) groups excluding carboxylic acids is 2. The third kappa shape index (κ3) is 5.10. The van der Waals surface area contributed by atoms with Gasteiger partial charge in [-0.05, 0) is 68.6 Å². The first-order chi connectivity index (χ1) is 18.0. The molecule has 1 saturated carbocycles. The Morgan fingerprint density at radius 1 is 1.11 bits per heavy atom. The van der Waals surface area contributed by atoms with Gasteiger partial charge in [0.1, 0.15) is 6.54 Å². The van der Waals surface area contributed by atoms with E-state index >= 15 is 0 Å². The fourth-order valence-corrected chi connectivity index (χ4v) is 6.49. The van der Waals surface area contributed by atoms with Crippen LogP contribution in [0.3, 0.4) is 0 Å². The lowest BCUT2D eigenvalue weighted by Crippen LogP contribution is -2.44. The van der Waals surface area contributed by atoms with Crippen LogP contribution in [0, 0.1) is 12.8 Å². The lowest BCUT2D eigenvalue weighted by atomic mass is 9.85. The van der Waals surface area contributed by atoms with Crippen molar-refractivity contribution in [3.05, 3.63) is 70.8 Å². The number of thioether (sulfide) groups is 1. The summed E-state index contributed by atoms with van der Waals surface area (Å²) in [6, 6.07) is 18.0. The van der Waals surface area contributed by atoms with E-state index in [-0.39, 0.29) is 24.5 Å². The highest BCUT2D eigenvalue weighted by Crippen LogP contribution is 2.41. The second-order valence-electron chi connectivity index (χ2n) is 9.75. The van der Waals surface area contributed by atoms with Crippen LogP contribution in [0.4, 0.5) is 5.69 Å². The van der Waals surface area contributed by atoms with E-state index in [4.69, 9.17) is 9.73 Å². The van der Waals surface area contributed by atoms with Gasteiger partial charge in [-0.3, -0.25) is 14.5 Å². The van der Waals surface area contributed by atoms with Crippen LogP contribution in [0.1, 0.15) is 50.8 Å². The molecular weight excluding hydrogens is 482 g/mol. The standard InChI is InChI=1S/C30H33N3O3S/c1-4-36-28(34)19-32-21(3)24(23-15-9-11-17-26(23)32)18-27-29(35)33(25-16-10-8-12-20(25)2)30(37-27)31-22-13-6-5-7-14-22/h5-7,9,11,13-15,17-18,20,25H,4,8,10,12,16,19H2,1-3H3/b27-18-,31-30?/t20-,25+/m0/s1. The van der Waals surface area contributed by atoms with Crippen molar-refractivity contribution in [1.29, 1.82) is 0 Å². The summed E-state index contributed by atoms with van der Waals surface area (Å²) < 4.78 is 7.19. The zero-order valence-electron chi connectivity index (χ0n) is 21.6. The molecule has 5 rings (SSSR count). The minimum absolute atomic E-state index is 0.0139. The van der Waals surface area contributed by atoms with Gasteiger partial charge in [-0.15, -0.1) is 0 Å². The minimum atomic E-state index is -0.272. The summed E-state index contributed by atoms with van der Waals surface area (Å²) in [6.07, 6.45) is 6.44. The lowest BCUT2D eigenvalue weighted by Gasteiger charge is -2.35. The summed E-state index contributed by atoms with van der Waals surface area (Å²) in [7, 11) is 0. The zero-order valence-corrected chi connectivity index (χ0v) is 22.5. The van der Waals surface area contributed by atoms with Crippen molar-refractivity contribution in [3.63, 3.8) is 0 Å². The van der Waals surface area contributed by atoms with Crippen LogP contribution in [-0.4, -0.2) is 39.2 Å². The van der Waals surface area contributed by atoms with Crippen LogP contribution in [0.2, 0.25) is 0 Å². The van der Waals surface area contributed by atoms with Gasteiger partial charge in [0.05, 0.1) is 17.2 Å². The Bertz CT molecular complexity index is 1380. The molecule has 0 spiro atoms. The number of aliphatic imine (C=N–C) groups is 1. The van der Waals surface area contributed by atoms with Gasteiger partial charge in [0, 0.05) is 28.2 Å². The number of ether oxygens (including phenoxy) is 1. The molecule has 7 heteroatoms. The lowest BCUT2D eigenvalue weighted by molar-refractivity contribution is -0.143. The van der Waals surface area contributed by atoms with Gasteiger partial charge in [0.15, 0.2) is 5.17 Å². The number of aromatic nitrogens is 1. The van der Waals surface area contributed by atoms with Gasteiger partial charge in [0.2, 0.25) is 0 Å². The molecule has 6 nitrogen and oxygen atoms in total. The molecule has 0 radical (unpaired) electrons. The fraction of sp³-hybridized carbons (Fsp3) is 0.367. The van der Waals surface area contributed by atoms with E-state index in [0.717, 1.165) is 52.3 Å². The topological polar surface area (TPSA) is 63.9 Å². The van der Waals surface area contributed by atoms with Gasteiger partial charge in [0.25, 0.3) is 5.91 Å². The first-order valence-electron chi connectivity index (χ1n) is 13.1. The number of rotatable bonds is 6. The molecule has 2 heterocycles. The monoisotopic (exact) mass is 515 g/mol. The average molecular weight is 516 g/mol. The summed E-state index contributed by atoms with van der Waals surface area (Å²) >= 11 is 1.45. The van der Waals surface area contributed by atoms with Crippen LogP contribution in [-0.2, 0) is 20.9 Å². The molecule has 0 unspecified atom stereocenters. The van der Waals surface area contributed by atoms with E-state index < -0.39 is 0 Å². The maximum Gasteiger partial charge on any atom is 0.325 e. The second-order valence-corrected chi connectivity index (χ2v) is 10.8. The smallest absolute Gasteiger partial charge is 0.325 e. The summed E-state index contributed by atoms with van der Waals surface area (Å²) in [4.78, 5) is 33.8. The summed E-state index contributed by atoms with van der Waals surface area (Å²) in [6.45, 7) is 6.53. The quantitative estimate of drug-likeness (QED) is 0.271. The van der Waals surface area contributed by atoms with Gasteiger partial charge in [-0.2, -0.15) is 0 Å². The van der Waals surface area contributed by atoms with Crippen LogP contribution in [0.5, 0.6) is 0 Å². The third-order valence-corrected chi connectivity index (χ3v) is 8.35. The third-order valence-electron chi connectivity index (χ3n) is 7.36. The van der Waals surface area contributed by atoms with E-state index in [1.54, 1.807) is 0 Å². The maximum absolute atomic E-state index is 13.9. The van der Waals surface area contributed by atoms with Gasteiger partial charge in [-0.25, -0.2) is 4.99 Å². The van der Waals surface area contributed by atoms with Crippen molar-refractivity contribution in [3.8, 4) is 0 Å². The van der Waals surface area contributed by atoms with Crippen LogP contribution in [0.25, 0.3) is 17.0 Å². The molecule has 1 aliphatic heterocycles. The van der Waals surface area contributed by atoms with Crippen LogP contribution in [0.15, 0.2) is 64.5 Å². The number of benzene rings is 2. The molecule has 2 fully saturated rings. The maximum atomic E-state index is 13.9. The van der Waals surface area contributed by atoms with Crippen molar-refractivity contribution in [2.45, 2.75) is 59.0 Å². The molecule has 192 valence electrons. The predicted octanol–water partition coefficient (Wildman–Crippen LogP) is 6.70. The van der Waals surface area contributed by atoms with Gasteiger partial charge in [-0.1, -0.05) is 56.2 Å². The molecule has 37 heavy (non-hydrogen) atoms. The molecule has 2 atom stereocenters. The number of fused-ring (bicyclic) bond motifs is 1. The Hall–Kier alpha value is -3.32. The number of hydrogen-bond acceptors (Lipinski definition) is 5. The number of para-hydroxylation sites is 2. The largest absolute Gasteiger partial charge is 0.465 e. The zero-order chi connectivity index (χ0) is 25.9. The van der Waals surface area contributed by atoms with Crippen molar-refractivity contribution >= 4 is 51.5 Å². The highest BCUT2D eigenvalue weighted by Gasteiger charge is 2.41.